The third-order valence-corrected chi connectivity index (χ3v) is 5.02. The summed E-state index contributed by atoms with van der Waals surface area (Å²) in [7, 11) is 1.70. The summed E-state index contributed by atoms with van der Waals surface area (Å²) in [5.41, 5.74) is 0.626. The quantitative estimate of drug-likeness (QED) is 0.855. The van der Waals surface area contributed by atoms with Gasteiger partial charge in [0.15, 0.2) is 0 Å². The van der Waals surface area contributed by atoms with Crippen LogP contribution in [0.5, 0.6) is 0 Å². The first-order valence-corrected chi connectivity index (χ1v) is 8.26. The maximum absolute atomic E-state index is 13.3. The minimum absolute atomic E-state index is 0.0510. The van der Waals surface area contributed by atoms with E-state index < -0.39 is 0 Å². The molecule has 3 rings (SSSR count). The highest BCUT2D eigenvalue weighted by molar-refractivity contribution is 5.79. The van der Waals surface area contributed by atoms with Crippen molar-refractivity contribution in [1.29, 1.82) is 0 Å². The van der Waals surface area contributed by atoms with Crippen LogP contribution in [-0.2, 0) is 20.7 Å². The van der Waals surface area contributed by atoms with Crippen LogP contribution in [-0.4, -0.2) is 50.3 Å². The zero-order chi connectivity index (χ0) is 16.3. The molecule has 2 fully saturated rings. The zero-order valence-electron chi connectivity index (χ0n) is 13.6. The molecule has 2 saturated heterocycles. The fourth-order valence-electron chi connectivity index (χ4n) is 3.93. The Kier molecular flexibility index (Phi) is 4.97. The Morgan fingerprint density at radius 2 is 2.39 bits per heavy atom. The van der Waals surface area contributed by atoms with Crippen LogP contribution < -0.4 is 0 Å². The second kappa shape index (κ2) is 6.97. The molecular weight excluding hydrogens is 297 g/mol. The van der Waals surface area contributed by atoms with Gasteiger partial charge in [-0.25, -0.2) is 4.39 Å². The molecule has 0 bridgehead atoms. The number of hydrogen-bond donors (Lipinski definition) is 0. The van der Waals surface area contributed by atoms with Crippen molar-refractivity contribution in [2.75, 3.05) is 33.4 Å². The molecule has 0 radical (unpaired) electrons. The Morgan fingerprint density at radius 3 is 3.17 bits per heavy atom. The van der Waals surface area contributed by atoms with Crippen LogP contribution in [0.25, 0.3) is 0 Å². The maximum Gasteiger partial charge on any atom is 0.227 e. The van der Waals surface area contributed by atoms with Gasteiger partial charge in [-0.15, -0.1) is 0 Å². The van der Waals surface area contributed by atoms with Gasteiger partial charge < -0.3 is 14.4 Å². The highest BCUT2D eigenvalue weighted by Crippen LogP contribution is 2.40. The molecule has 1 aromatic carbocycles. The lowest BCUT2D eigenvalue weighted by molar-refractivity contribution is -0.161. The molecule has 5 heteroatoms. The van der Waals surface area contributed by atoms with E-state index in [4.69, 9.17) is 9.47 Å². The molecule has 0 N–H and O–H groups in total. The highest BCUT2D eigenvalue weighted by Gasteiger charge is 2.46. The first kappa shape index (κ1) is 16.4. The van der Waals surface area contributed by atoms with Gasteiger partial charge in [0.05, 0.1) is 19.1 Å². The number of halogens is 1. The number of carbonyl (C=O) groups excluding carboxylic acids is 1. The van der Waals surface area contributed by atoms with E-state index in [1.165, 1.54) is 12.1 Å². The Balaban J connectivity index is 1.69. The summed E-state index contributed by atoms with van der Waals surface area (Å²) < 4.78 is 24.7. The van der Waals surface area contributed by atoms with Crippen molar-refractivity contribution < 1.29 is 18.7 Å². The number of amides is 1. The lowest BCUT2D eigenvalue weighted by Crippen LogP contribution is -2.58. The molecule has 0 aliphatic carbocycles. The molecule has 4 nitrogen and oxygen atoms in total. The molecule has 2 aliphatic rings. The molecule has 2 aliphatic heterocycles. The third-order valence-electron chi connectivity index (χ3n) is 5.02. The highest BCUT2D eigenvalue weighted by atomic mass is 19.1. The van der Waals surface area contributed by atoms with E-state index in [-0.39, 0.29) is 29.7 Å². The number of hydrogen-bond acceptors (Lipinski definition) is 3. The molecule has 0 spiro atoms. The number of piperidine rings is 1. The van der Waals surface area contributed by atoms with E-state index in [2.05, 4.69) is 0 Å². The number of carbonyl (C=O) groups is 1. The zero-order valence-corrected chi connectivity index (χ0v) is 13.6. The van der Waals surface area contributed by atoms with Crippen LogP contribution in [0.15, 0.2) is 24.3 Å². The van der Waals surface area contributed by atoms with Gasteiger partial charge in [0.2, 0.25) is 5.91 Å². The third kappa shape index (κ3) is 3.56. The first-order chi connectivity index (χ1) is 11.1. The first-order valence-electron chi connectivity index (χ1n) is 8.26. The number of methoxy groups -OCH3 is 1. The average molecular weight is 321 g/mol. The van der Waals surface area contributed by atoms with Gasteiger partial charge in [-0.2, -0.15) is 0 Å². The predicted molar refractivity (Wildman–Crippen MR) is 84.6 cm³/mol. The lowest BCUT2D eigenvalue weighted by atomic mass is 9.73. The molecular formula is C18H24FNO3. The molecule has 2 heterocycles. The Hall–Kier alpha value is -1.46. The van der Waals surface area contributed by atoms with Crippen molar-refractivity contribution in [3.8, 4) is 0 Å². The topological polar surface area (TPSA) is 38.8 Å². The van der Waals surface area contributed by atoms with Gasteiger partial charge in [-0.05, 0) is 37.0 Å². The number of rotatable bonds is 4. The predicted octanol–water partition coefficient (Wildman–Crippen LogP) is 2.41. The van der Waals surface area contributed by atoms with E-state index in [1.54, 1.807) is 19.2 Å². The van der Waals surface area contributed by atoms with Gasteiger partial charge in [0, 0.05) is 32.2 Å². The molecule has 126 valence electrons. The molecule has 0 saturated carbocycles. The van der Waals surface area contributed by atoms with Crippen LogP contribution in [0.4, 0.5) is 4.39 Å². The second-order valence-electron chi connectivity index (χ2n) is 6.67. The largest absolute Gasteiger partial charge is 0.384 e. The van der Waals surface area contributed by atoms with Gasteiger partial charge in [-0.3, -0.25) is 4.79 Å². The average Bonchev–Trinajstić information content (AvgIpc) is 2.54. The monoisotopic (exact) mass is 321 g/mol. The van der Waals surface area contributed by atoms with E-state index in [1.807, 2.05) is 4.90 Å². The van der Waals surface area contributed by atoms with Gasteiger partial charge in [0.25, 0.3) is 0 Å². The number of likely N-dealkylation sites (tertiary alicyclic amines) is 1. The van der Waals surface area contributed by atoms with Crippen LogP contribution >= 0.6 is 0 Å². The fraction of sp³-hybridized carbons (Fsp3) is 0.611. The summed E-state index contributed by atoms with van der Waals surface area (Å²) in [6, 6.07) is 6.26. The SMILES string of the molecule is COC[C@]12CCCO[C@H]1CCN(C(=O)Cc1cccc(F)c1)C2. The molecule has 0 unspecified atom stereocenters. The summed E-state index contributed by atoms with van der Waals surface area (Å²) >= 11 is 0. The standard InChI is InChI=1S/C18H24FNO3/c1-22-13-18-7-3-9-23-16(18)6-8-20(12-18)17(21)11-14-4-2-5-15(19)10-14/h2,4-5,10,16H,3,6-9,11-13H2,1H3/t16-,18+/m0/s1. The number of nitrogens with zero attached hydrogens (tertiary/aromatic N) is 1. The fourth-order valence-corrected chi connectivity index (χ4v) is 3.93. The summed E-state index contributed by atoms with van der Waals surface area (Å²) in [4.78, 5) is 14.5. The Morgan fingerprint density at radius 1 is 1.52 bits per heavy atom. The Labute approximate surface area is 136 Å². The van der Waals surface area contributed by atoms with Crippen molar-refractivity contribution >= 4 is 5.91 Å². The number of ether oxygens (including phenoxy) is 2. The normalized spacial score (nSPS) is 27.6. The van der Waals surface area contributed by atoms with Crippen molar-refractivity contribution in [1.82, 2.24) is 4.90 Å². The van der Waals surface area contributed by atoms with Crippen LogP contribution in [0.1, 0.15) is 24.8 Å². The van der Waals surface area contributed by atoms with Crippen LogP contribution in [0, 0.1) is 11.2 Å². The van der Waals surface area contributed by atoms with Gasteiger partial charge in [-0.1, -0.05) is 12.1 Å². The summed E-state index contributed by atoms with van der Waals surface area (Å²) in [5, 5.41) is 0. The summed E-state index contributed by atoms with van der Waals surface area (Å²) in [6.07, 6.45) is 3.29. The van der Waals surface area contributed by atoms with E-state index in [0.717, 1.165) is 31.4 Å². The smallest absolute Gasteiger partial charge is 0.227 e. The van der Waals surface area contributed by atoms with Crippen molar-refractivity contribution in [2.45, 2.75) is 31.8 Å². The van der Waals surface area contributed by atoms with Crippen molar-refractivity contribution in [3.05, 3.63) is 35.6 Å². The molecule has 0 aromatic heterocycles. The van der Waals surface area contributed by atoms with Gasteiger partial charge >= 0.3 is 0 Å². The van der Waals surface area contributed by atoms with Crippen molar-refractivity contribution in [3.63, 3.8) is 0 Å². The van der Waals surface area contributed by atoms with Crippen LogP contribution in [0.2, 0.25) is 0 Å². The Bertz CT molecular complexity index is 561. The van der Waals surface area contributed by atoms with Crippen molar-refractivity contribution in [2.24, 2.45) is 5.41 Å². The van der Waals surface area contributed by atoms with Gasteiger partial charge in [0.1, 0.15) is 5.82 Å². The van der Waals surface area contributed by atoms with E-state index in [0.29, 0.717) is 19.7 Å². The lowest BCUT2D eigenvalue weighted by Gasteiger charge is -2.50. The number of fused-ring (bicyclic) bond motifs is 1. The minimum atomic E-state index is -0.300. The van der Waals surface area contributed by atoms with E-state index in [9.17, 15) is 9.18 Å². The molecule has 1 aromatic rings. The number of benzene rings is 1. The minimum Gasteiger partial charge on any atom is -0.384 e. The van der Waals surface area contributed by atoms with Crippen LogP contribution in [0.3, 0.4) is 0 Å². The molecule has 2 atom stereocenters. The molecule has 23 heavy (non-hydrogen) atoms. The maximum atomic E-state index is 13.3. The van der Waals surface area contributed by atoms with E-state index >= 15 is 0 Å². The molecule has 1 amide bonds. The summed E-state index contributed by atoms with van der Waals surface area (Å²) in [6.45, 7) is 2.78. The second-order valence-corrected chi connectivity index (χ2v) is 6.67. The summed E-state index contributed by atoms with van der Waals surface area (Å²) in [5.74, 6) is -0.249.